The Morgan fingerprint density at radius 1 is 1.29 bits per heavy atom. The normalized spacial score (nSPS) is 13.5. The van der Waals surface area contributed by atoms with E-state index in [4.69, 9.17) is 4.42 Å². The SMILES string of the molecule is Cl.O=C(CNCC1CC1)Nc1ccc(-c2cnco2)cc1. The van der Waals surface area contributed by atoms with E-state index in [2.05, 4.69) is 15.6 Å². The van der Waals surface area contributed by atoms with Crippen molar-refractivity contribution in [1.82, 2.24) is 10.3 Å². The summed E-state index contributed by atoms with van der Waals surface area (Å²) in [5.41, 5.74) is 1.72. The Morgan fingerprint density at radius 2 is 2.05 bits per heavy atom. The zero-order valence-corrected chi connectivity index (χ0v) is 12.4. The van der Waals surface area contributed by atoms with E-state index < -0.39 is 0 Å². The van der Waals surface area contributed by atoms with Gasteiger partial charge in [-0.3, -0.25) is 4.79 Å². The molecule has 0 saturated heterocycles. The molecule has 21 heavy (non-hydrogen) atoms. The third-order valence-corrected chi connectivity index (χ3v) is 3.30. The van der Waals surface area contributed by atoms with Gasteiger partial charge in [0.25, 0.3) is 0 Å². The maximum absolute atomic E-state index is 11.7. The van der Waals surface area contributed by atoms with Gasteiger partial charge in [-0.2, -0.15) is 0 Å². The second-order valence-electron chi connectivity index (χ2n) is 5.07. The Bertz CT molecular complexity index is 565. The number of anilines is 1. The van der Waals surface area contributed by atoms with Gasteiger partial charge < -0.3 is 15.1 Å². The highest BCUT2D eigenvalue weighted by Gasteiger charge is 2.20. The van der Waals surface area contributed by atoms with Gasteiger partial charge in [-0.25, -0.2) is 4.98 Å². The van der Waals surface area contributed by atoms with Crippen molar-refractivity contribution in [3.63, 3.8) is 0 Å². The van der Waals surface area contributed by atoms with E-state index in [1.807, 2.05) is 24.3 Å². The molecule has 1 amide bonds. The van der Waals surface area contributed by atoms with Crippen LogP contribution >= 0.6 is 12.4 Å². The molecular weight excluding hydrogens is 290 g/mol. The van der Waals surface area contributed by atoms with Crippen molar-refractivity contribution >= 4 is 24.0 Å². The van der Waals surface area contributed by atoms with Crippen LogP contribution in [0.1, 0.15) is 12.8 Å². The molecule has 1 aliphatic carbocycles. The van der Waals surface area contributed by atoms with Gasteiger partial charge in [-0.15, -0.1) is 12.4 Å². The van der Waals surface area contributed by atoms with Crippen LogP contribution in [-0.2, 0) is 4.79 Å². The number of nitrogens with one attached hydrogen (secondary N) is 2. The van der Waals surface area contributed by atoms with Gasteiger partial charge in [0.05, 0.1) is 12.7 Å². The number of hydrogen-bond acceptors (Lipinski definition) is 4. The molecule has 0 aliphatic heterocycles. The van der Waals surface area contributed by atoms with Gasteiger partial charge in [0.2, 0.25) is 5.91 Å². The van der Waals surface area contributed by atoms with Gasteiger partial charge >= 0.3 is 0 Å². The molecule has 6 heteroatoms. The van der Waals surface area contributed by atoms with Crippen molar-refractivity contribution in [2.75, 3.05) is 18.4 Å². The monoisotopic (exact) mass is 307 g/mol. The summed E-state index contributed by atoms with van der Waals surface area (Å²) in [5, 5.41) is 6.03. The summed E-state index contributed by atoms with van der Waals surface area (Å²) in [6, 6.07) is 7.51. The molecule has 112 valence electrons. The Balaban J connectivity index is 0.00000161. The highest BCUT2D eigenvalue weighted by Crippen LogP contribution is 2.27. The van der Waals surface area contributed by atoms with E-state index in [1.165, 1.54) is 19.2 Å². The predicted molar refractivity (Wildman–Crippen MR) is 83.4 cm³/mol. The molecule has 1 aromatic carbocycles. The number of aromatic nitrogens is 1. The van der Waals surface area contributed by atoms with E-state index in [9.17, 15) is 4.79 Å². The molecule has 0 bridgehead atoms. The number of hydrogen-bond donors (Lipinski definition) is 2. The van der Waals surface area contributed by atoms with E-state index >= 15 is 0 Å². The number of nitrogens with zero attached hydrogens (tertiary/aromatic N) is 1. The number of amides is 1. The van der Waals surface area contributed by atoms with Crippen molar-refractivity contribution in [2.24, 2.45) is 5.92 Å². The van der Waals surface area contributed by atoms with Crippen molar-refractivity contribution < 1.29 is 9.21 Å². The van der Waals surface area contributed by atoms with Crippen molar-refractivity contribution in [2.45, 2.75) is 12.8 Å². The molecule has 5 nitrogen and oxygen atoms in total. The molecule has 1 aliphatic rings. The van der Waals surface area contributed by atoms with Gasteiger partial charge in [-0.05, 0) is 49.6 Å². The van der Waals surface area contributed by atoms with Crippen LogP contribution in [-0.4, -0.2) is 24.0 Å². The second kappa shape index (κ2) is 7.24. The minimum atomic E-state index is -0.0157. The number of carbonyl (C=O) groups is 1. The van der Waals surface area contributed by atoms with Crippen molar-refractivity contribution in [1.29, 1.82) is 0 Å². The maximum atomic E-state index is 11.7. The molecule has 1 saturated carbocycles. The standard InChI is InChI=1S/C15H17N3O2.ClH/c19-15(9-16-7-11-1-2-11)18-13-5-3-12(4-6-13)14-8-17-10-20-14;/h3-6,8,10-11,16H,1-2,7,9H2,(H,18,19);1H. The van der Waals surface area contributed by atoms with Crippen LogP contribution in [0.3, 0.4) is 0 Å². The summed E-state index contributed by atoms with van der Waals surface area (Å²) in [4.78, 5) is 15.6. The summed E-state index contributed by atoms with van der Waals surface area (Å²) in [6.07, 6.45) is 5.64. The molecule has 0 unspecified atom stereocenters. The molecule has 0 spiro atoms. The lowest BCUT2D eigenvalue weighted by atomic mass is 10.2. The Labute approximate surface area is 129 Å². The van der Waals surface area contributed by atoms with Crippen LogP contribution in [0.5, 0.6) is 0 Å². The van der Waals surface area contributed by atoms with Gasteiger partial charge in [0.1, 0.15) is 0 Å². The molecule has 3 rings (SSSR count). The quantitative estimate of drug-likeness (QED) is 0.861. The Hall–Kier alpha value is -1.85. The third kappa shape index (κ3) is 4.58. The van der Waals surface area contributed by atoms with Crippen LogP contribution < -0.4 is 10.6 Å². The second-order valence-corrected chi connectivity index (χ2v) is 5.07. The van der Waals surface area contributed by atoms with Gasteiger partial charge in [-0.1, -0.05) is 0 Å². The first-order chi connectivity index (χ1) is 9.81. The number of benzene rings is 1. The predicted octanol–water partition coefficient (Wildman–Crippen LogP) is 2.70. The summed E-state index contributed by atoms with van der Waals surface area (Å²) in [5.74, 6) is 1.48. The summed E-state index contributed by atoms with van der Waals surface area (Å²) in [6.45, 7) is 1.30. The number of carbonyl (C=O) groups excluding carboxylic acids is 1. The molecule has 0 atom stereocenters. The maximum Gasteiger partial charge on any atom is 0.238 e. The third-order valence-electron chi connectivity index (χ3n) is 3.30. The number of rotatable bonds is 6. The molecule has 2 N–H and O–H groups in total. The van der Waals surface area contributed by atoms with E-state index in [0.717, 1.165) is 23.7 Å². The lowest BCUT2D eigenvalue weighted by Crippen LogP contribution is -2.29. The molecule has 1 fully saturated rings. The fraction of sp³-hybridized carbons (Fsp3) is 0.333. The average molecular weight is 308 g/mol. The van der Waals surface area contributed by atoms with Crippen LogP contribution in [0.4, 0.5) is 5.69 Å². The largest absolute Gasteiger partial charge is 0.444 e. The topological polar surface area (TPSA) is 67.2 Å². The number of oxazole rings is 1. The minimum absolute atomic E-state index is 0. The molecule has 2 aromatic rings. The Morgan fingerprint density at radius 3 is 2.67 bits per heavy atom. The number of halogens is 1. The molecule has 1 heterocycles. The smallest absolute Gasteiger partial charge is 0.238 e. The van der Waals surface area contributed by atoms with E-state index in [0.29, 0.717) is 12.3 Å². The van der Waals surface area contributed by atoms with Crippen LogP contribution in [0.15, 0.2) is 41.3 Å². The first-order valence-corrected chi connectivity index (χ1v) is 6.81. The lowest BCUT2D eigenvalue weighted by Gasteiger charge is -2.06. The summed E-state index contributed by atoms with van der Waals surface area (Å²) in [7, 11) is 0. The fourth-order valence-corrected chi connectivity index (χ4v) is 1.99. The zero-order chi connectivity index (χ0) is 13.8. The highest BCUT2D eigenvalue weighted by molar-refractivity contribution is 5.92. The zero-order valence-electron chi connectivity index (χ0n) is 11.5. The van der Waals surface area contributed by atoms with Gasteiger partial charge in [0, 0.05) is 11.3 Å². The first kappa shape index (κ1) is 15.5. The minimum Gasteiger partial charge on any atom is -0.444 e. The van der Waals surface area contributed by atoms with E-state index in [-0.39, 0.29) is 18.3 Å². The Kier molecular flexibility index (Phi) is 5.36. The molecular formula is C15H18ClN3O2. The summed E-state index contributed by atoms with van der Waals surface area (Å²) < 4.78 is 5.21. The average Bonchev–Trinajstić information content (AvgIpc) is 3.11. The molecule has 0 radical (unpaired) electrons. The first-order valence-electron chi connectivity index (χ1n) is 6.81. The lowest BCUT2D eigenvalue weighted by molar-refractivity contribution is -0.115. The van der Waals surface area contributed by atoms with Crippen molar-refractivity contribution in [3.05, 3.63) is 36.9 Å². The van der Waals surface area contributed by atoms with Crippen LogP contribution in [0.2, 0.25) is 0 Å². The van der Waals surface area contributed by atoms with Crippen LogP contribution in [0, 0.1) is 5.92 Å². The molecule has 1 aromatic heterocycles. The summed E-state index contributed by atoms with van der Waals surface area (Å²) >= 11 is 0. The van der Waals surface area contributed by atoms with E-state index in [1.54, 1.807) is 6.20 Å². The van der Waals surface area contributed by atoms with Gasteiger partial charge in [0.15, 0.2) is 12.2 Å². The highest BCUT2D eigenvalue weighted by atomic mass is 35.5. The van der Waals surface area contributed by atoms with Crippen LogP contribution in [0.25, 0.3) is 11.3 Å². The van der Waals surface area contributed by atoms with Crippen molar-refractivity contribution in [3.8, 4) is 11.3 Å². The fourth-order valence-electron chi connectivity index (χ4n) is 1.99.